The second-order valence-corrected chi connectivity index (χ2v) is 9.72. The van der Waals surface area contributed by atoms with Crippen LogP contribution in [0, 0.1) is 23.7 Å². The Morgan fingerprint density at radius 2 is 1.53 bits per heavy atom. The molecule has 1 aliphatic heterocycles. The Morgan fingerprint density at radius 1 is 0.967 bits per heavy atom. The van der Waals surface area contributed by atoms with E-state index in [1.54, 1.807) is 24.3 Å². The van der Waals surface area contributed by atoms with Gasteiger partial charge in [-0.05, 0) is 73.1 Å². The van der Waals surface area contributed by atoms with Crippen LogP contribution in [0.4, 0.5) is 0 Å². The summed E-state index contributed by atoms with van der Waals surface area (Å²) in [6.07, 6.45) is 2.95. The van der Waals surface area contributed by atoms with E-state index in [1.165, 1.54) is 5.01 Å². The number of hydrogen-bond acceptors (Lipinski definition) is 3. The SMILES string of the molecule is O=C(c1ccc(Cl)cc1)N(Cc1ccc(Br)cc1)N1C(=O)C2C3CCC(C3)C2C1=O. The van der Waals surface area contributed by atoms with E-state index in [2.05, 4.69) is 15.9 Å². The fourth-order valence-electron chi connectivity index (χ4n) is 5.37. The Kier molecular flexibility index (Phi) is 4.94. The van der Waals surface area contributed by atoms with Crippen molar-refractivity contribution in [2.24, 2.45) is 23.7 Å². The number of halogens is 2. The van der Waals surface area contributed by atoms with Gasteiger partial charge >= 0.3 is 0 Å². The van der Waals surface area contributed by atoms with E-state index in [4.69, 9.17) is 11.6 Å². The summed E-state index contributed by atoms with van der Waals surface area (Å²) >= 11 is 9.38. The number of benzene rings is 2. The lowest BCUT2D eigenvalue weighted by atomic mass is 9.81. The first-order valence-electron chi connectivity index (χ1n) is 10.1. The van der Waals surface area contributed by atoms with Crippen LogP contribution in [-0.2, 0) is 16.1 Å². The van der Waals surface area contributed by atoms with Gasteiger partial charge in [0.25, 0.3) is 17.7 Å². The maximum atomic E-state index is 13.4. The highest BCUT2D eigenvalue weighted by Crippen LogP contribution is 2.56. The van der Waals surface area contributed by atoms with Crippen molar-refractivity contribution >= 4 is 45.3 Å². The number of imide groups is 1. The number of rotatable bonds is 4. The average Bonchev–Trinajstić information content (AvgIpc) is 3.42. The van der Waals surface area contributed by atoms with E-state index in [0.29, 0.717) is 10.6 Å². The lowest BCUT2D eigenvalue weighted by Crippen LogP contribution is -2.50. The Labute approximate surface area is 188 Å². The normalized spacial score (nSPS) is 26.9. The lowest BCUT2D eigenvalue weighted by molar-refractivity contribution is -0.156. The Balaban J connectivity index is 1.51. The minimum absolute atomic E-state index is 0.140. The van der Waals surface area contributed by atoms with E-state index in [9.17, 15) is 14.4 Å². The summed E-state index contributed by atoms with van der Waals surface area (Å²) in [5.41, 5.74) is 1.22. The first-order chi connectivity index (χ1) is 14.4. The molecule has 4 atom stereocenters. The van der Waals surface area contributed by atoms with Gasteiger partial charge < -0.3 is 0 Å². The van der Waals surface area contributed by atoms with Crippen molar-refractivity contribution in [1.82, 2.24) is 10.0 Å². The Bertz CT molecular complexity index is 996. The minimum Gasteiger partial charge on any atom is -0.272 e. The number of nitrogens with zero attached hydrogens (tertiary/aromatic N) is 2. The second-order valence-electron chi connectivity index (χ2n) is 8.37. The van der Waals surface area contributed by atoms with Crippen molar-refractivity contribution in [2.75, 3.05) is 0 Å². The first kappa shape index (κ1) is 19.8. The molecule has 1 heterocycles. The van der Waals surface area contributed by atoms with Crippen molar-refractivity contribution in [3.05, 3.63) is 69.2 Å². The van der Waals surface area contributed by atoms with Crippen molar-refractivity contribution in [3.63, 3.8) is 0 Å². The van der Waals surface area contributed by atoms with Gasteiger partial charge in [-0.25, -0.2) is 5.01 Å². The number of carbonyl (C=O) groups excluding carboxylic acids is 3. The van der Waals surface area contributed by atoms with E-state index < -0.39 is 0 Å². The predicted octanol–water partition coefficient (Wildman–Crippen LogP) is 4.69. The van der Waals surface area contributed by atoms with Crippen LogP contribution < -0.4 is 0 Å². The molecule has 2 aromatic rings. The van der Waals surface area contributed by atoms with Crippen molar-refractivity contribution in [3.8, 4) is 0 Å². The highest BCUT2D eigenvalue weighted by atomic mass is 79.9. The third kappa shape index (κ3) is 3.17. The van der Waals surface area contributed by atoms with Crippen LogP contribution in [0.15, 0.2) is 53.0 Å². The molecule has 3 amide bonds. The van der Waals surface area contributed by atoms with Crippen LogP contribution in [0.1, 0.15) is 35.2 Å². The quantitative estimate of drug-likeness (QED) is 0.588. The smallest absolute Gasteiger partial charge is 0.272 e. The molecule has 5 nitrogen and oxygen atoms in total. The lowest BCUT2D eigenvalue weighted by Gasteiger charge is -2.31. The highest BCUT2D eigenvalue weighted by molar-refractivity contribution is 9.10. The molecule has 30 heavy (non-hydrogen) atoms. The van der Waals surface area contributed by atoms with E-state index in [0.717, 1.165) is 34.3 Å². The van der Waals surface area contributed by atoms with Crippen molar-refractivity contribution in [1.29, 1.82) is 0 Å². The van der Waals surface area contributed by atoms with E-state index >= 15 is 0 Å². The zero-order valence-electron chi connectivity index (χ0n) is 16.1. The number of fused-ring (bicyclic) bond motifs is 5. The van der Waals surface area contributed by atoms with Crippen LogP contribution in [0.25, 0.3) is 0 Å². The Morgan fingerprint density at radius 3 is 2.10 bits per heavy atom. The maximum Gasteiger partial charge on any atom is 0.273 e. The predicted molar refractivity (Wildman–Crippen MR) is 115 cm³/mol. The largest absolute Gasteiger partial charge is 0.273 e. The zero-order chi connectivity index (χ0) is 21.0. The van der Waals surface area contributed by atoms with E-state index in [-0.39, 0.29) is 47.9 Å². The average molecular weight is 488 g/mol. The van der Waals surface area contributed by atoms with Gasteiger partial charge in [0.2, 0.25) is 0 Å². The molecule has 0 aromatic heterocycles. The Hall–Kier alpha value is -2.18. The first-order valence-corrected chi connectivity index (χ1v) is 11.3. The topological polar surface area (TPSA) is 57.7 Å². The molecule has 2 aliphatic carbocycles. The maximum absolute atomic E-state index is 13.4. The summed E-state index contributed by atoms with van der Waals surface area (Å²) in [6, 6.07) is 14.0. The molecule has 2 aromatic carbocycles. The van der Waals surface area contributed by atoms with Gasteiger partial charge in [-0.3, -0.25) is 14.4 Å². The molecule has 2 saturated carbocycles. The van der Waals surface area contributed by atoms with Crippen LogP contribution in [0.2, 0.25) is 5.02 Å². The molecular weight excluding hydrogens is 468 g/mol. The van der Waals surface area contributed by atoms with Gasteiger partial charge in [0.1, 0.15) is 0 Å². The van der Waals surface area contributed by atoms with Gasteiger partial charge in [-0.1, -0.05) is 39.7 Å². The molecule has 2 bridgehead atoms. The van der Waals surface area contributed by atoms with Crippen molar-refractivity contribution in [2.45, 2.75) is 25.8 Å². The molecule has 3 fully saturated rings. The summed E-state index contributed by atoms with van der Waals surface area (Å²) < 4.78 is 0.918. The van der Waals surface area contributed by atoms with Gasteiger partial charge in [0.15, 0.2) is 0 Å². The van der Waals surface area contributed by atoms with Crippen LogP contribution in [0.3, 0.4) is 0 Å². The molecule has 1 saturated heterocycles. The highest BCUT2D eigenvalue weighted by Gasteiger charge is 2.62. The molecule has 0 N–H and O–H groups in total. The summed E-state index contributed by atoms with van der Waals surface area (Å²) in [5, 5.41) is 2.97. The molecular formula is C23H20BrClN2O3. The molecule has 5 rings (SSSR count). The van der Waals surface area contributed by atoms with Crippen LogP contribution in [0.5, 0.6) is 0 Å². The second kappa shape index (κ2) is 7.50. The number of carbonyl (C=O) groups is 3. The summed E-state index contributed by atoms with van der Waals surface area (Å²) in [5.74, 6) is -0.858. The van der Waals surface area contributed by atoms with Crippen LogP contribution in [-0.4, -0.2) is 27.7 Å². The standard InChI is InChI=1S/C23H20BrClN2O3/c24-17-7-1-13(2-8-17)12-26(21(28)14-5-9-18(25)10-6-14)27-22(29)19-15-3-4-16(11-15)20(19)23(27)30/h1-2,5-10,15-16,19-20H,3-4,11-12H2. The van der Waals surface area contributed by atoms with Gasteiger partial charge in [-0.15, -0.1) is 0 Å². The molecule has 0 spiro atoms. The van der Waals surface area contributed by atoms with Crippen molar-refractivity contribution < 1.29 is 14.4 Å². The van der Waals surface area contributed by atoms with Gasteiger partial charge in [-0.2, -0.15) is 5.01 Å². The minimum atomic E-state index is -0.386. The zero-order valence-corrected chi connectivity index (χ0v) is 18.5. The summed E-state index contributed by atoms with van der Waals surface area (Å²) in [6.45, 7) is 0.140. The molecule has 7 heteroatoms. The van der Waals surface area contributed by atoms with Crippen LogP contribution >= 0.6 is 27.5 Å². The molecule has 0 radical (unpaired) electrons. The third-order valence-electron chi connectivity index (χ3n) is 6.72. The third-order valence-corrected chi connectivity index (χ3v) is 7.50. The fraction of sp³-hybridized carbons (Fsp3) is 0.348. The fourth-order valence-corrected chi connectivity index (χ4v) is 5.76. The number of hydrogen-bond donors (Lipinski definition) is 0. The molecule has 3 aliphatic rings. The monoisotopic (exact) mass is 486 g/mol. The number of amides is 3. The van der Waals surface area contributed by atoms with E-state index in [1.807, 2.05) is 24.3 Å². The van der Waals surface area contributed by atoms with Gasteiger partial charge in [0.05, 0.1) is 18.4 Å². The molecule has 154 valence electrons. The number of hydrazine groups is 1. The van der Waals surface area contributed by atoms with Gasteiger partial charge in [0, 0.05) is 15.1 Å². The summed E-state index contributed by atoms with van der Waals surface area (Å²) in [7, 11) is 0. The summed E-state index contributed by atoms with van der Waals surface area (Å²) in [4.78, 5) is 40.1. The molecule has 4 unspecified atom stereocenters.